The van der Waals surface area contributed by atoms with Crippen LogP contribution in [0, 0.1) is 0 Å². The first-order valence-corrected chi connectivity index (χ1v) is 2.75. The molecule has 0 radical (unpaired) electrons. The number of hydrogen-bond donors (Lipinski definition) is 1. The molecule has 0 saturated heterocycles. The molecule has 0 aromatic carbocycles. The molecule has 3 heteroatoms. The largest absolute Gasteiger partial charge is 0.472 e. The summed E-state index contributed by atoms with van der Waals surface area (Å²) in [6.45, 7) is 3.55. The van der Waals surface area contributed by atoms with Crippen molar-refractivity contribution in [3.63, 3.8) is 0 Å². The predicted octanol–water partition coefficient (Wildman–Crippen LogP) is 1.89. The van der Waals surface area contributed by atoms with Gasteiger partial charge >= 0.3 is 0 Å². The third-order valence-electron chi connectivity index (χ3n) is 1.18. The maximum absolute atomic E-state index is 5.56. The highest BCUT2D eigenvalue weighted by Crippen LogP contribution is 2.09. The zero-order valence-electron chi connectivity index (χ0n) is 5.49. The van der Waals surface area contributed by atoms with E-state index in [4.69, 9.17) is 10.2 Å². The summed E-state index contributed by atoms with van der Waals surface area (Å²) >= 11 is 0. The van der Waals surface area contributed by atoms with E-state index in [1.807, 2.05) is 6.07 Å². The van der Waals surface area contributed by atoms with Gasteiger partial charge in [0.2, 0.25) is 0 Å². The van der Waals surface area contributed by atoms with Gasteiger partial charge < -0.3 is 10.2 Å². The van der Waals surface area contributed by atoms with E-state index in [-0.39, 0.29) is 18.4 Å². The van der Waals surface area contributed by atoms with E-state index < -0.39 is 0 Å². The first-order chi connectivity index (χ1) is 4.34. The van der Waals surface area contributed by atoms with Gasteiger partial charge in [0.15, 0.2) is 0 Å². The van der Waals surface area contributed by atoms with Gasteiger partial charge in [0.05, 0.1) is 18.6 Å². The van der Waals surface area contributed by atoms with Gasteiger partial charge in [-0.2, -0.15) is 0 Å². The molecule has 2 N–H and O–H groups in total. The van der Waals surface area contributed by atoms with E-state index in [9.17, 15) is 0 Å². The van der Waals surface area contributed by atoms with Gasteiger partial charge in [-0.25, -0.2) is 0 Å². The number of nitrogens with two attached hydrogens (primary N) is 1. The van der Waals surface area contributed by atoms with E-state index >= 15 is 0 Å². The maximum Gasteiger partial charge on any atom is 0.0953 e. The second-order valence-electron chi connectivity index (χ2n) is 1.82. The van der Waals surface area contributed by atoms with Crippen molar-refractivity contribution < 1.29 is 4.42 Å². The molecular formula is C7H10ClNO. The summed E-state index contributed by atoms with van der Waals surface area (Å²) < 4.78 is 4.81. The summed E-state index contributed by atoms with van der Waals surface area (Å²) in [5.41, 5.74) is 6.52. The zero-order valence-corrected chi connectivity index (χ0v) is 6.30. The number of halogens is 1. The Bertz CT molecular complexity index is 183. The molecule has 0 aliphatic heterocycles. The fourth-order valence-corrected chi connectivity index (χ4v) is 0.601. The summed E-state index contributed by atoms with van der Waals surface area (Å²) in [5, 5.41) is 0. The molecule has 0 saturated carbocycles. The van der Waals surface area contributed by atoms with Gasteiger partial charge in [-0.05, 0) is 6.07 Å². The molecule has 1 unspecified atom stereocenters. The molecule has 0 fully saturated rings. The Labute approximate surface area is 66.1 Å². The topological polar surface area (TPSA) is 39.2 Å². The van der Waals surface area contributed by atoms with Crippen molar-refractivity contribution >= 4 is 12.4 Å². The SMILES string of the molecule is C=CC(N)c1ccoc1.Cl. The molecule has 0 spiro atoms. The lowest BCUT2D eigenvalue weighted by atomic mass is 10.2. The molecule has 2 nitrogen and oxygen atoms in total. The Morgan fingerprint density at radius 3 is 2.80 bits per heavy atom. The highest BCUT2D eigenvalue weighted by molar-refractivity contribution is 5.85. The first kappa shape index (κ1) is 9.27. The first-order valence-electron chi connectivity index (χ1n) is 2.75. The van der Waals surface area contributed by atoms with Crippen LogP contribution >= 0.6 is 12.4 Å². The van der Waals surface area contributed by atoms with Crippen LogP contribution in [0.5, 0.6) is 0 Å². The minimum atomic E-state index is -0.0938. The Morgan fingerprint density at radius 1 is 1.70 bits per heavy atom. The van der Waals surface area contributed by atoms with E-state index in [1.165, 1.54) is 0 Å². The average molecular weight is 160 g/mol. The monoisotopic (exact) mass is 159 g/mol. The number of hydrogen-bond acceptors (Lipinski definition) is 2. The maximum atomic E-state index is 5.56. The van der Waals surface area contributed by atoms with E-state index in [2.05, 4.69) is 6.58 Å². The quantitative estimate of drug-likeness (QED) is 0.670. The Balaban J connectivity index is 0.000000810. The Morgan fingerprint density at radius 2 is 2.40 bits per heavy atom. The third-order valence-corrected chi connectivity index (χ3v) is 1.18. The van der Waals surface area contributed by atoms with Crippen molar-refractivity contribution in [3.8, 4) is 0 Å². The summed E-state index contributed by atoms with van der Waals surface area (Å²) in [6.07, 6.45) is 4.88. The number of rotatable bonds is 2. The van der Waals surface area contributed by atoms with E-state index in [0.29, 0.717) is 0 Å². The highest BCUT2D eigenvalue weighted by Gasteiger charge is 1.99. The van der Waals surface area contributed by atoms with Crippen molar-refractivity contribution in [2.45, 2.75) is 6.04 Å². The van der Waals surface area contributed by atoms with Crippen molar-refractivity contribution in [2.75, 3.05) is 0 Å². The molecule has 1 heterocycles. The lowest BCUT2D eigenvalue weighted by Crippen LogP contribution is -2.04. The normalized spacial score (nSPS) is 11.7. The number of furan rings is 1. The molecular weight excluding hydrogens is 150 g/mol. The third kappa shape index (κ3) is 1.90. The molecule has 0 bridgehead atoms. The van der Waals surface area contributed by atoms with Crippen LogP contribution < -0.4 is 5.73 Å². The Hall–Kier alpha value is -0.730. The zero-order chi connectivity index (χ0) is 6.69. The van der Waals surface area contributed by atoms with Crippen LogP contribution in [0.2, 0.25) is 0 Å². The fourth-order valence-electron chi connectivity index (χ4n) is 0.601. The van der Waals surface area contributed by atoms with Crippen LogP contribution in [-0.4, -0.2) is 0 Å². The van der Waals surface area contributed by atoms with Crippen molar-refractivity contribution in [2.24, 2.45) is 5.73 Å². The molecule has 0 aliphatic rings. The molecule has 56 valence electrons. The van der Waals surface area contributed by atoms with Crippen molar-refractivity contribution in [1.82, 2.24) is 0 Å². The highest BCUT2D eigenvalue weighted by atomic mass is 35.5. The lowest BCUT2D eigenvalue weighted by molar-refractivity contribution is 0.562. The summed E-state index contributed by atoms with van der Waals surface area (Å²) in [5.74, 6) is 0. The van der Waals surface area contributed by atoms with Gasteiger partial charge in [-0.15, -0.1) is 19.0 Å². The molecule has 0 amide bonds. The lowest BCUT2D eigenvalue weighted by Gasteiger charge is -1.98. The van der Waals surface area contributed by atoms with Gasteiger partial charge in [-0.3, -0.25) is 0 Å². The minimum Gasteiger partial charge on any atom is -0.472 e. The predicted molar refractivity (Wildman–Crippen MR) is 43.1 cm³/mol. The second-order valence-corrected chi connectivity index (χ2v) is 1.82. The Kier molecular flexibility index (Phi) is 3.84. The van der Waals surface area contributed by atoms with Gasteiger partial charge in [0, 0.05) is 5.56 Å². The van der Waals surface area contributed by atoms with E-state index in [1.54, 1.807) is 18.6 Å². The van der Waals surface area contributed by atoms with Crippen LogP contribution in [0.3, 0.4) is 0 Å². The molecule has 10 heavy (non-hydrogen) atoms. The summed E-state index contributed by atoms with van der Waals surface area (Å²) in [7, 11) is 0. The van der Waals surface area contributed by atoms with Crippen molar-refractivity contribution in [3.05, 3.63) is 36.8 Å². The van der Waals surface area contributed by atoms with Crippen LogP contribution in [0.15, 0.2) is 35.7 Å². The molecule has 1 aromatic heterocycles. The van der Waals surface area contributed by atoms with Crippen molar-refractivity contribution in [1.29, 1.82) is 0 Å². The van der Waals surface area contributed by atoms with Crippen LogP contribution in [0.1, 0.15) is 11.6 Å². The summed E-state index contributed by atoms with van der Waals surface area (Å²) in [6, 6.07) is 1.73. The fraction of sp³-hybridized carbons (Fsp3) is 0.143. The van der Waals surface area contributed by atoms with Gasteiger partial charge in [0.1, 0.15) is 0 Å². The molecule has 1 atom stereocenters. The molecule has 0 aliphatic carbocycles. The van der Waals surface area contributed by atoms with E-state index in [0.717, 1.165) is 5.56 Å². The van der Waals surface area contributed by atoms with Gasteiger partial charge in [-0.1, -0.05) is 6.08 Å². The summed E-state index contributed by atoms with van der Waals surface area (Å²) in [4.78, 5) is 0. The molecule has 1 rings (SSSR count). The van der Waals surface area contributed by atoms with Gasteiger partial charge in [0.25, 0.3) is 0 Å². The standard InChI is InChI=1S/C7H9NO.ClH/c1-2-7(8)6-3-4-9-5-6;/h2-5,7H,1,8H2;1H. The minimum absolute atomic E-state index is 0. The van der Waals surface area contributed by atoms with Crippen LogP contribution in [0.25, 0.3) is 0 Å². The smallest absolute Gasteiger partial charge is 0.0953 e. The van der Waals surface area contributed by atoms with Crippen LogP contribution in [-0.2, 0) is 0 Å². The average Bonchev–Trinajstić information content (AvgIpc) is 2.37. The second kappa shape index (κ2) is 4.14. The molecule has 1 aromatic rings. The van der Waals surface area contributed by atoms with Crippen LogP contribution in [0.4, 0.5) is 0 Å².